The van der Waals surface area contributed by atoms with E-state index in [2.05, 4.69) is 53.1 Å². The molecule has 2 aromatic rings. The van der Waals surface area contributed by atoms with Crippen molar-refractivity contribution >= 4 is 28.1 Å². The van der Waals surface area contributed by atoms with Gasteiger partial charge in [0.2, 0.25) is 0 Å². The Kier molecular flexibility index (Phi) is 5.12. The lowest BCUT2D eigenvalue weighted by molar-refractivity contribution is 0.204. The molecule has 0 amide bonds. The van der Waals surface area contributed by atoms with Crippen molar-refractivity contribution in [1.82, 2.24) is 10.6 Å². The Bertz CT molecular complexity index is 551. The quantitative estimate of drug-likeness (QED) is 0.648. The Morgan fingerprint density at radius 1 is 1.11 bits per heavy atom. The van der Waals surface area contributed by atoms with Crippen molar-refractivity contribution in [3.05, 3.63) is 48.0 Å². The first-order chi connectivity index (χ1) is 9.31. The lowest BCUT2D eigenvalue weighted by Crippen LogP contribution is -2.36. The van der Waals surface area contributed by atoms with Gasteiger partial charge in [0.15, 0.2) is 5.11 Å². The highest BCUT2D eigenvalue weighted by Crippen LogP contribution is 2.17. The third-order valence-corrected chi connectivity index (χ3v) is 3.20. The third kappa shape index (κ3) is 3.91. The molecule has 0 radical (unpaired) electrons. The summed E-state index contributed by atoms with van der Waals surface area (Å²) in [5.74, 6) is 0. The highest BCUT2D eigenvalue weighted by molar-refractivity contribution is 7.80. The van der Waals surface area contributed by atoms with Gasteiger partial charge in [-0.15, -0.1) is 0 Å². The fraction of sp³-hybridized carbons (Fsp3) is 0.267. The van der Waals surface area contributed by atoms with Crippen molar-refractivity contribution in [3.63, 3.8) is 0 Å². The van der Waals surface area contributed by atoms with Crippen LogP contribution in [0.2, 0.25) is 0 Å². The van der Waals surface area contributed by atoms with E-state index >= 15 is 0 Å². The van der Waals surface area contributed by atoms with E-state index in [1.807, 2.05) is 0 Å². The molecule has 0 aromatic heterocycles. The van der Waals surface area contributed by atoms with Crippen molar-refractivity contribution in [2.45, 2.75) is 6.54 Å². The predicted molar refractivity (Wildman–Crippen MR) is 83.3 cm³/mol. The van der Waals surface area contributed by atoms with Gasteiger partial charge < -0.3 is 15.4 Å². The first-order valence-corrected chi connectivity index (χ1v) is 6.69. The topological polar surface area (TPSA) is 33.3 Å². The second kappa shape index (κ2) is 7.07. The summed E-state index contributed by atoms with van der Waals surface area (Å²) in [4.78, 5) is 0. The third-order valence-electron chi connectivity index (χ3n) is 2.91. The normalized spacial score (nSPS) is 10.4. The summed E-state index contributed by atoms with van der Waals surface area (Å²) >= 11 is 5.21. The van der Waals surface area contributed by atoms with Crippen LogP contribution in [0.15, 0.2) is 42.5 Å². The maximum absolute atomic E-state index is 5.21. The van der Waals surface area contributed by atoms with E-state index in [0.29, 0.717) is 11.7 Å². The Hall–Kier alpha value is -1.65. The summed E-state index contributed by atoms with van der Waals surface area (Å²) in [6, 6.07) is 14.7. The highest BCUT2D eigenvalue weighted by atomic mass is 32.1. The predicted octanol–water partition coefficient (Wildman–Crippen LogP) is 2.45. The SMILES string of the molecule is COCCNC(=S)NCc1cccc2ccccc12. The van der Waals surface area contributed by atoms with Crippen LogP contribution in [0.25, 0.3) is 10.8 Å². The van der Waals surface area contributed by atoms with Crippen LogP contribution in [0, 0.1) is 0 Å². The molecule has 0 atom stereocenters. The highest BCUT2D eigenvalue weighted by Gasteiger charge is 2.01. The first-order valence-electron chi connectivity index (χ1n) is 6.28. The Balaban J connectivity index is 1.96. The zero-order chi connectivity index (χ0) is 13.5. The van der Waals surface area contributed by atoms with Gasteiger partial charge in [-0.1, -0.05) is 42.5 Å². The molecule has 0 bridgehead atoms. The molecular formula is C15H18N2OS. The molecule has 0 aliphatic heterocycles. The van der Waals surface area contributed by atoms with Gasteiger partial charge in [-0.25, -0.2) is 0 Å². The van der Waals surface area contributed by atoms with Crippen molar-refractivity contribution < 1.29 is 4.74 Å². The molecule has 0 unspecified atom stereocenters. The van der Waals surface area contributed by atoms with Gasteiger partial charge in [0.1, 0.15) is 0 Å². The molecule has 0 aliphatic rings. The molecule has 2 rings (SSSR count). The van der Waals surface area contributed by atoms with E-state index in [4.69, 9.17) is 17.0 Å². The zero-order valence-corrected chi connectivity index (χ0v) is 11.8. The Morgan fingerprint density at radius 3 is 2.74 bits per heavy atom. The van der Waals surface area contributed by atoms with Crippen LogP contribution in [0.5, 0.6) is 0 Å². The Labute approximate surface area is 119 Å². The van der Waals surface area contributed by atoms with Gasteiger partial charge in [-0.3, -0.25) is 0 Å². The van der Waals surface area contributed by atoms with Crippen molar-refractivity contribution in [2.75, 3.05) is 20.3 Å². The van der Waals surface area contributed by atoms with Crippen molar-refractivity contribution in [1.29, 1.82) is 0 Å². The smallest absolute Gasteiger partial charge is 0.166 e. The molecule has 0 aliphatic carbocycles. The first kappa shape index (κ1) is 13.8. The lowest BCUT2D eigenvalue weighted by Gasteiger charge is -2.11. The van der Waals surface area contributed by atoms with E-state index in [1.165, 1.54) is 16.3 Å². The second-order valence-corrected chi connectivity index (χ2v) is 4.65. The van der Waals surface area contributed by atoms with Gasteiger partial charge in [-0.2, -0.15) is 0 Å². The van der Waals surface area contributed by atoms with Gasteiger partial charge >= 0.3 is 0 Å². The molecule has 0 heterocycles. The second-order valence-electron chi connectivity index (χ2n) is 4.24. The summed E-state index contributed by atoms with van der Waals surface area (Å²) in [6.45, 7) is 2.09. The molecule has 0 spiro atoms. The molecule has 100 valence electrons. The van der Waals surface area contributed by atoms with E-state index in [-0.39, 0.29) is 0 Å². The fourth-order valence-electron chi connectivity index (χ4n) is 1.95. The van der Waals surface area contributed by atoms with Crippen LogP contribution < -0.4 is 10.6 Å². The van der Waals surface area contributed by atoms with Gasteiger partial charge in [0, 0.05) is 20.2 Å². The Morgan fingerprint density at radius 2 is 1.89 bits per heavy atom. The number of fused-ring (bicyclic) bond motifs is 1. The summed E-state index contributed by atoms with van der Waals surface area (Å²) in [5, 5.41) is 9.48. The van der Waals surface area contributed by atoms with Crippen LogP contribution >= 0.6 is 12.2 Å². The fourth-order valence-corrected chi connectivity index (χ4v) is 2.13. The molecule has 0 saturated heterocycles. The molecule has 0 saturated carbocycles. The number of methoxy groups -OCH3 is 1. The van der Waals surface area contributed by atoms with E-state index in [9.17, 15) is 0 Å². The van der Waals surface area contributed by atoms with Crippen LogP contribution in [0.1, 0.15) is 5.56 Å². The zero-order valence-electron chi connectivity index (χ0n) is 11.0. The minimum absolute atomic E-state index is 0.649. The van der Waals surface area contributed by atoms with Gasteiger partial charge in [0.05, 0.1) is 6.61 Å². The largest absolute Gasteiger partial charge is 0.383 e. The van der Waals surface area contributed by atoms with Gasteiger partial charge in [0.25, 0.3) is 0 Å². The van der Waals surface area contributed by atoms with Crippen LogP contribution in [0.4, 0.5) is 0 Å². The molecule has 2 aromatic carbocycles. The molecule has 3 nitrogen and oxygen atoms in total. The number of thiocarbonyl (C=S) groups is 1. The monoisotopic (exact) mass is 274 g/mol. The van der Waals surface area contributed by atoms with Crippen molar-refractivity contribution in [3.8, 4) is 0 Å². The maximum atomic E-state index is 5.21. The molecule has 0 fully saturated rings. The number of nitrogens with one attached hydrogen (secondary N) is 2. The van der Waals surface area contributed by atoms with Crippen molar-refractivity contribution in [2.24, 2.45) is 0 Å². The summed E-state index contributed by atoms with van der Waals surface area (Å²) < 4.78 is 4.96. The van der Waals surface area contributed by atoms with Crippen LogP contribution in [-0.4, -0.2) is 25.4 Å². The molecule has 19 heavy (non-hydrogen) atoms. The van der Waals surface area contributed by atoms with E-state index in [1.54, 1.807) is 7.11 Å². The maximum Gasteiger partial charge on any atom is 0.166 e. The van der Waals surface area contributed by atoms with E-state index in [0.717, 1.165) is 13.1 Å². The van der Waals surface area contributed by atoms with Gasteiger partial charge in [-0.05, 0) is 28.6 Å². The standard InChI is InChI=1S/C15H18N2OS/c1-18-10-9-16-15(19)17-11-13-7-4-6-12-5-2-3-8-14(12)13/h2-8H,9-11H2,1H3,(H2,16,17,19). The number of benzene rings is 2. The molecule has 2 N–H and O–H groups in total. The summed E-state index contributed by atoms with van der Waals surface area (Å²) in [6.07, 6.45) is 0. The molecular weight excluding hydrogens is 256 g/mol. The minimum atomic E-state index is 0.649. The number of hydrogen-bond acceptors (Lipinski definition) is 2. The average Bonchev–Trinajstić information content (AvgIpc) is 2.45. The van der Waals surface area contributed by atoms with Crippen LogP contribution in [-0.2, 0) is 11.3 Å². The van der Waals surface area contributed by atoms with Crippen LogP contribution in [0.3, 0.4) is 0 Å². The number of rotatable bonds is 5. The summed E-state index contributed by atoms with van der Waals surface area (Å²) in [7, 11) is 1.67. The lowest BCUT2D eigenvalue weighted by atomic mass is 10.0. The number of ether oxygens (including phenoxy) is 1. The number of hydrogen-bond donors (Lipinski definition) is 2. The minimum Gasteiger partial charge on any atom is -0.383 e. The average molecular weight is 274 g/mol. The molecule has 4 heteroatoms. The van der Waals surface area contributed by atoms with E-state index < -0.39 is 0 Å². The summed E-state index contributed by atoms with van der Waals surface area (Å²) in [5.41, 5.74) is 1.24.